The smallest absolute Gasteiger partial charge is 0.407 e. The number of carboxylic acid groups (broad SMARTS) is 1. The molecule has 0 bridgehead atoms. The molecule has 2 aromatic rings. The lowest BCUT2D eigenvalue weighted by atomic mass is 9.98. The second-order valence-corrected chi connectivity index (χ2v) is 8.32. The number of carbonyl (C=O) groups excluding carboxylic acids is 2. The zero-order chi connectivity index (χ0) is 24.3. The number of benzene rings is 2. The van der Waals surface area contributed by atoms with Gasteiger partial charge < -0.3 is 25.2 Å². The lowest BCUT2D eigenvalue weighted by Crippen LogP contribution is -2.37. The van der Waals surface area contributed by atoms with Crippen LogP contribution < -0.4 is 10.6 Å². The molecule has 3 rings (SSSR count). The molecule has 2 amide bonds. The van der Waals surface area contributed by atoms with Crippen molar-refractivity contribution in [3.8, 4) is 11.1 Å². The van der Waals surface area contributed by atoms with Crippen molar-refractivity contribution in [2.24, 2.45) is 0 Å². The molecule has 1 aliphatic carbocycles. The number of aliphatic carboxylic acids is 1. The number of hydrogen-bond acceptors (Lipinski definition) is 5. The van der Waals surface area contributed by atoms with E-state index in [1.54, 1.807) is 0 Å². The Morgan fingerprint density at radius 2 is 1.59 bits per heavy atom. The minimum Gasteiger partial charge on any atom is -0.481 e. The van der Waals surface area contributed by atoms with Crippen molar-refractivity contribution < 1.29 is 29.0 Å². The molecule has 1 aliphatic rings. The summed E-state index contributed by atoms with van der Waals surface area (Å²) in [5, 5.41) is 14.1. The van der Waals surface area contributed by atoms with Crippen LogP contribution in [0.4, 0.5) is 4.79 Å². The number of carboxylic acids is 1. The quantitative estimate of drug-likeness (QED) is 0.386. The number of rotatable bonds is 13. The second-order valence-electron chi connectivity index (χ2n) is 8.32. The monoisotopic (exact) mass is 468 g/mol. The Bertz CT molecular complexity index is 947. The number of hydrogen-bond donors (Lipinski definition) is 3. The predicted octanol–water partition coefficient (Wildman–Crippen LogP) is 3.69. The van der Waals surface area contributed by atoms with E-state index in [9.17, 15) is 14.4 Å². The van der Waals surface area contributed by atoms with Gasteiger partial charge in [-0.25, -0.2) is 4.79 Å². The Morgan fingerprint density at radius 3 is 2.21 bits per heavy atom. The fraction of sp³-hybridized carbons (Fsp3) is 0.423. The van der Waals surface area contributed by atoms with Gasteiger partial charge in [-0.05, 0) is 35.1 Å². The summed E-state index contributed by atoms with van der Waals surface area (Å²) in [5.41, 5.74) is 4.62. The second kappa shape index (κ2) is 12.7. The molecule has 0 saturated heterocycles. The maximum atomic E-state index is 12.3. The molecule has 2 aromatic carbocycles. The third-order valence-corrected chi connectivity index (χ3v) is 5.95. The van der Waals surface area contributed by atoms with Crippen molar-refractivity contribution in [3.63, 3.8) is 0 Å². The van der Waals surface area contributed by atoms with Gasteiger partial charge in [0.05, 0.1) is 12.5 Å². The van der Waals surface area contributed by atoms with E-state index in [0.29, 0.717) is 19.4 Å². The van der Waals surface area contributed by atoms with Crippen LogP contribution in [-0.4, -0.2) is 56.0 Å². The maximum absolute atomic E-state index is 12.3. The molecule has 0 radical (unpaired) electrons. The fourth-order valence-electron chi connectivity index (χ4n) is 4.17. The van der Waals surface area contributed by atoms with Gasteiger partial charge in [0, 0.05) is 32.5 Å². The molecule has 3 N–H and O–H groups in total. The SMILES string of the molecule is COC(CNC(=O)OCC1c2ccccc2-c2ccccc21)CC(=O)NCCCCCC(=O)O. The topological polar surface area (TPSA) is 114 Å². The van der Waals surface area contributed by atoms with Crippen molar-refractivity contribution in [1.29, 1.82) is 0 Å². The van der Waals surface area contributed by atoms with Crippen molar-refractivity contribution in [3.05, 3.63) is 59.7 Å². The van der Waals surface area contributed by atoms with E-state index in [2.05, 4.69) is 34.9 Å². The average molecular weight is 469 g/mol. The molecular weight excluding hydrogens is 436 g/mol. The van der Waals surface area contributed by atoms with Crippen molar-refractivity contribution in [2.75, 3.05) is 26.8 Å². The summed E-state index contributed by atoms with van der Waals surface area (Å²) in [4.78, 5) is 34.9. The summed E-state index contributed by atoms with van der Waals surface area (Å²) in [5.74, 6) is -1.01. The summed E-state index contributed by atoms with van der Waals surface area (Å²) in [7, 11) is 1.49. The molecular formula is C26H32N2O6. The predicted molar refractivity (Wildman–Crippen MR) is 128 cm³/mol. The minimum atomic E-state index is -0.809. The third-order valence-electron chi connectivity index (χ3n) is 5.95. The number of carbonyl (C=O) groups is 3. The van der Waals surface area contributed by atoms with Gasteiger partial charge in [0.25, 0.3) is 0 Å². The number of alkyl carbamates (subject to hydrolysis) is 1. The highest BCUT2D eigenvalue weighted by Gasteiger charge is 2.29. The van der Waals surface area contributed by atoms with Gasteiger partial charge in [0.15, 0.2) is 0 Å². The molecule has 1 unspecified atom stereocenters. The molecule has 0 aromatic heterocycles. The van der Waals surface area contributed by atoms with Gasteiger partial charge in [-0.15, -0.1) is 0 Å². The van der Waals surface area contributed by atoms with Crippen molar-refractivity contribution >= 4 is 18.0 Å². The first kappa shape index (κ1) is 25.2. The van der Waals surface area contributed by atoms with E-state index >= 15 is 0 Å². The van der Waals surface area contributed by atoms with E-state index < -0.39 is 18.2 Å². The van der Waals surface area contributed by atoms with Crippen molar-refractivity contribution in [2.45, 2.75) is 44.1 Å². The molecule has 8 nitrogen and oxygen atoms in total. The van der Waals surface area contributed by atoms with E-state index in [1.165, 1.54) is 18.2 Å². The van der Waals surface area contributed by atoms with Crippen molar-refractivity contribution in [1.82, 2.24) is 10.6 Å². The summed E-state index contributed by atoms with van der Waals surface area (Å²) >= 11 is 0. The van der Waals surface area contributed by atoms with Crippen LogP contribution in [0.3, 0.4) is 0 Å². The molecule has 0 saturated carbocycles. The van der Waals surface area contributed by atoms with Gasteiger partial charge in [-0.1, -0.05) is 55.0 Å². The first-order valence-electron chi connectivity index (χ1n) is 11.6. The van der Waals surface area contributed by atoms with E-state index in [0.717, 1.165) is 17.5 Å². The molecule has 0 fully saturated rings. The molecule has 0 heterocycles. The van der Waals surface area contributed by atoms with Crippen LogP contribution in [0.5, 0.6) is 0 Å². The van der Waals surface area contributed by atoms with Gasteiger partial charge >= 0.3 is 12.1 Å². The maximum Gasteiger partial charge on any atom is 0.407 e. The number of fused-ring (bicyclic) bond motifs is 3. The summed E-state index contributed by atoms with van der Waals surface area (Å²) < 4.78 is 10.8. The molecule has 0 spiro atoms. The Labute approximate surface area is 199 Å². The Hall–Kier alpha value is -3.39. The highest BCUT2D eigenvalue weighted by Crippen LogP contribution is 2.44. The summed E-state index contributed by atoms with van der Waals surface area (Å²) in [6.07, 6.45) is 1.26. The number of unbranched alkanes of at least 4 members (excludes halogenated alkanes) is 2. The Morgan fingerprint density at radius 1 is 0.941 bits per heavy atom. The average Bonchev–Trinajstić information content (AvgIpc) is 3.16. The standard InChI is InChI=1S/C26H32N2O6/c1-33-18(15-24(29)27-14-8-2-3-13-25(30)31)16-28-26(32)34-17-23-21-11-6-4-9-19(21)20-10-5-7-12-22(20)23/h4-7,9-12,18,23H,2-3,8,13-17H2,1H3,(H,27,29)(H,28,32)(H,30,31). The lowest BCUT2D eigenvalue weighted by molar-refractivity contribution is -0.137. The largest absolute Gasteiger partial charge is 0.481 e. The van der Waals surface area contributed by atoms with E-state index in [4.69, 9.17) is 14.6 Å². The van der Waals surface area contributed by atoms with Crippen LogP contribution in [0.15, 0.2) is 48.5 Å². The zero-order valence-electron chi connectivity index (χ0n) is 19.4. The number of ether oxygens (including phenoxy) is 2. The van der Waals surface area contributed by atoms with Gasteiger partial charge in [-0.3, -0.25) is 9.59 Å². The lowest BCUT2D eigenvalue weighted by Gasteiger charge is -2.17. The molecule has 1 atom stereocenters. The summed E-state index contributed by atoms with van der Waals surface area (Å²) in [6, 6.07) is 16.3. The fourth-order valence-corrected chi connectivity index (χ4v) is 4.17. The molecule has 0 aliphatic heterocycles. The first-order chi connectivity index (χ1) is 16.5. The number of methoxy groups -OCH3 is 1. The van der Waals surface area contributed by atoms with Crippen LogP contribution in [0.2, 0.25) is 0 Å². The van der Waals surface area contributed by atoms with Crippen LogP contribution in [-0.2, 0) is 19.1 Å². The highest BCUT2D eigenvalue weighted by atomic mass is 16.5. The van der Waals surface area contributed by atoms with Crippen LogP contribution >= 0.6 is 0 Å². The van der Waals surface area contributed by atoms with Gasteiger partial charge in [0.2, 0.25) is 5.91 Å². The van der Waals surface area contributed by atoms with Gasteiger partial charge in [0.1, 0.15) is 6.61 Å². The Kier molecular flexibility index (Phi) is 9.46. The van der Waals surface area contributed by atoms with Crippen LogP contribution in [0.1, 0.15) is 49.1 Å². The van der Waals surface area contributed by atoms with E-state index in [1.807, 2.05) is 24.3 Å². The zero-order valence-corrected chi connectivity index (χ0v) is 19.4. The molecule has 8 heteroatoms. The van der Waals surface area contributed by atoms with E-state index in [-0.39, 0.29) is 37.8 Å². The van der Waals surface area contributed by atoms with Crippen LogP contribution in [0.25, 0.3) is 11.1 Å². The normalized spacial score (nSPS) is 13.0. The third kappa shape index (κ3) is 7.05. The number of nitrogens with one attached hydrogen (secondary N) is 2. The van der Waals surface area contributed by atoms with Crippen LogP contribution in [0, 0.1) is 0 Å². The van der Waals surface area contributed by atoms with Gasteiger partial charge in [-0.2, -0.15) is 0 Å². The number of amides is 2. The first-order valence-corrected chi connectivity index (χ1v) is 11.6. The minimum absolute atomic E-state index is 0.0161. The highest BCUT2D eigenvalue weighted by molar-refractivity contribution is 5.79. The summed E-state index contributed by atoms with van der Waals surface area (Å²) in [6.45, 7) is 0.855. The Balaban J connectivity index is 1.39. The molecule has 34 heavy (non-hydrogen) atoms. The molecule has 182 valence electrons.